The largest absolute Gasteiger partial charge is 0.360 e. The molecule has 1 aliphatic heterocycles. The quantitative estimate of drug-likeness (QED) is 0.732. The van der Waals surface area contributed by atoms with E-state index in [0.29, 0.717) is 6.04 Å². The number of hydrogen-bond donors (Lipinski definition) is 1. The van der Waals surface area contributed by atoms with Gasteiger partial charge in [-0.2, -0.15) is 0 Å². The molecule has 15 heavy (non-hydrogen) atoms. The molecule has 0 amide bonds. The molecular weight excluding hydrogens is 206 g/mol. The molecule has 0 bridgehead atoms. The van der Waals surface area contributed by atoms with Gasteiger partial charge in [0.15, 0.2) is 5.11 Å². The number of rotatable bonds is 4. The zero-order valence-electron chi connectivity index (χ0n) is 10.1. The third-order valence-electron chi connectivity index (χ3n) is 2.71. The predicted molar refractivity (Wildman–Crippen MR) is 69.2 cm³/mol. The van der Waals surface area contributed by atoms with Crippen molar-refractivity contribution in [3.05, 3.63) is 0 Å². The lowest BCUT2D eigenvalue weighted by Gasteiger charge is -2.25. The average molecular weight is 229 g/mol. The van der Waals surface area contributed by atoms with Crippen molar-refractivity contribution in [3.63, 3.8) is 0 Å². The first kappa shape index (κ1) is 12.7. The van der Waals surface area contributed by atoms with E-state index in [4.69, 9.17) is 12.2 Å². The van der Waals surface area contributed by atoms with E-state index in [2.05, 4.69) is 36.0 Å². The lowest BCUT2D eigenvalue weighted by Crippen LogP contribution is -2.43. The number of hydrogen-bond acceptors (Lipinski definition) is 2. The number of thiocarbonyl (C=S) groups is 1. The van der Waals surface area contributed by atoms with Crippen molar-refractivity contribution >= 4 is 17.3 Å². The van der Waals surface area contributed by atoms with Crippen molar-refractivity contribution in [1.29, 1.82) is 0 Å². The van der Waals surface area contributed by atoms with Gasteiger partial charge in [-0.25, -0.2) is 0 Å². The molecule has 0 spiro atoms. The summed E-state index contributed by atoms with van der Waals surface area (Å²) in [6, 6.07) is 0.423. The number of nitrogens with one attached hydrogen (secondary N) is 1. The maximum atomic E-state index is 5.29. The molecule has 0 aromatic heterocycles. The molecule has 0 saturated carbocycles. The van der Waals surface area contributed by atoms with Gasteiger partial charge in [0.1, 0.15) is 0 Å². The standard InChI is InChI=1S/C11H23N3S/c1-10(2)12-11(15)13(3)8-9-14-6-4-5-7-14/h10H,4-9H2,1-3H3,(H,12,15). The third-order valence-corrected chi connectivity index (χ3v) is 3.14. The van der Waals surface area contributed by atoms with Gasteiger partial charge in [0, 0.05) is 26.2 Å². The van der Waals surface area contributed by atoms with Gasteiger partial charge in [0.25, 0.3) is 0 Å². The molecule has 0 radical (unpaired) electrons. The van der Waals surface area contributed by atoms with Crippen LogP contribution in [0.1, 0.15) is 26.7 Å². The number of likely N-dealkylation sites (tertiary alicyclic amines) is 1. The zero-order chi connectivity index (χ0) is 11.3. The minimum Gasteiger partial charge on any atom is -0.360 e. The van der Waals surface area contributed by atoms with Crippen LogP contribution in [0.15, 0.2) is 0 Å². The van der Waals surface area contributed by atoms with E-state index in [0.717, 1.165) is 18.2 Å². The first-order valence-electron chi connectivity index (χ1n) is 5.83. The number of likely N-dealkylation sites (N-methyl/N-ethyl adjacent to an activating group) is 1. The maximum Gasteiger partial charge on any atom is 0.168 e. The smallest absolute Gasteiger partial charge is 0.168 e. The third kappa shape index (κ3) is 4.80. The van der Waals surface area contributed by atoms with Crippen LogP contribution in [0.2, 0.25) is 0 Å². The highest BCUT2D eigenvalue weighted by molar-refractivity contribution is 7.80. The van der Waals surface area contributed by atoms with Crippen molar-refractivity contribution in [2.45, 2.75) is 32.7 Å². The minimum atomic E-state index is 0.423. The fourth-order valence-electron chi connectivity index (χ4n) is 1.76. The highest BCUT2D eigenvalue weighted by Crippen LogP contribution is 2.06. The molecule has 1 N–H and O–H groups in total. The lowest BCUT2D eigenvalue weighted by atomic mass is 10.4. The van der Waals surface area contributed by atoms with Gasteiger partial charge in [-0.1, -0.05) is 0 Å². The first-order valence-corrected chi connectivity index (χ1v) is 6.24. The van der Waals surface area contributed by atoms with E-state index in [9.17, 15) is 0 Å². The molecule has 1 aliphatic rings. The summed E-state index contributed by atoms with van der Waals surface area (Å²) in [6.45, 7) is 8.91. The number of nitrogens with zero attached hydrogens (tertiary/aromatic N) is 2. The molecule has 1 saturated heterocycles. The van der Waals surface area contributed by atoms with Crippen molar-refractivity contribution in [2.24, 2.45) is 0 Å². The summed E-state index contributed by atoms with van der Waals surface area (Å²) >= 11 is 5.29. The first-order chi connectivity index (χ1) is 7.09. The Labute approximate surface area is 98.8 Å². The summed E-state index contributed by atoms with van der Waals surface area (Å²) in [7, 11) is 2.06. The predicted octanol–water partition coefficient (Wildman–Crippen LogP) is 1.30. The highest BCUT2D eigenvalue weighted by atomic mass is 32.1. The van der Waals surface area contributed by atoms with Crippen LogP contribution in [-0.4, -0.2) is 54.2 Å². The lowest BCUT2D eigenvalue weighted by molar-refractivity contribution is 0.306. The molecule has 0 unspecified atom stereocenters. The monoisotopic (exact) mass is 229 g/mol. The zero-order valence-corrected chi connectivity index (χ0v) is 10.9. The van der Waals surface area contributed by atoms with Crippen LogP contribution in [0.3, 0.4) is 0 Å². The summed E-state index contributed by atoms with van der Waals surface area (Å²) in [5.41, 5.74) is 0. The Bertz CT molecular complexity index is 200. The van der Waals surface area contributed by atoms with Gasteiger partial charge in [0.05, 0.1) is 0 Å². The summed E-state index contributed by atoms with van der Waals surface area (Å²) < 4.78 is 0. The van der Waals surface area contributed by atoms with Crippen LogP contribution in [0.4, 0.5) is 0 Å². The second-order valence-electron chi connectivity index (χ2n) is 4.57. The van der Waals surface area contributed by atoms with Crippen molar-refractivity contribution in [1.82, 2.24) is 15.1 Å². The normalized spacial score (nSPS) is 17.1. The van der Waals surface area contributed by atoms with Crippen LogP contribution < -0.4 is 5.32 Å². The summed E-state index contributed by atoms with van der Waals surface area (Å²) in [5.74, 6) is 0. The molecule has 1 rings (SSSR count). The molecule has 0 aliphatic carbocycles. The molecule has 3 nitrogen and oxygen atoms in total. The fourth-order valence-corrected chi connectivity index (χ4v) is 2.08. The average Bonchev–Trinajstić information content (AvgIpc) is 2.65. The van der Waals surface area contributed by atoms with E-state index in [1.54, 1.807) is 0 Å². The Morgan fingerprint density at radius 1 is 1.40 bits per heavy atom. The van der Waals surface area contributed by atoms with Gasteiger partial charge >= 0.3 is 0 Å². The Morgan fingerprint density at radius 3 is 2.53 bits per heavy atom. The van der Waals surface area contributed by atoms with Gasteiger partial charge in [-0.3, -0.25) is 0 Å². The summed E-state index contributed by atoms with van der Waals surface area (Å²) in [6.07, 6.45) is 2.72. The van der Waals surface area contributed by atoms with Crippen LogP contribution in [0.5, 0.6) is 0 Å². The SMILES string of the molecule is CC(C)NC(=S)N(C)CCN1CCCC1. The Morgan fingerprint density at radius 2 is 2.00 bits per heavy atom. The molecule has 1 fully saturated rings. The highest BCUT2D eigenvalue weighted by Gasteiger charge is 2.12. The summed E-state index contributed by atoms with van der Waals surface area (Å²) in [5, 5.41) is 4.12. The van der Waals surface area contributed by atoms with Gasteiger partial charge in [0.2, 0.25) is 0 Å². The van der Waals surface area contributed by atoms with Crippen molar-refractivity contribution in [3.8, 4) is 0 Å². The molecule has 88 valence electrons. The van der Waals surface area contributed by atoms with E-state index >= 15 is 0 Å². The van der Waals surface area contributed by atoms with Crippen LogP contribution in [0.25, 0.3) is 0 Å². The Kier molecular flexibility index (Phi) is 5.32. The molecule has 1 heterocycles. The van der Waals surface area contributed by atoms with E-state index in [1.165, 1.54) is 25.9 Å². The van der Waals surface area contributed by atoms with Crippen LogP contribution >= 0.6 is 12.2 Å². The molecular formula is C11H23N3S. The van der Waals surface area contributed by atoms with Crippen molar-refractivity contribution < 1.29 is 0 Å². The van der Waals surface area contributed by atoms with Gasteiger partial charge in [-0.15, -0.1) is 0 Å². The van der Waals surface area contributed by atoms with Crippen molar-refractivity contribution in [2.75, 3.05) is 33.2 Å². The molecule has 0 atom stereocenters. The van der Waals surface area contributed by atoms with E-state index in [1.807, 2.05) is 0 Å². The van der Waals surface area contributed by atoms with E-state index < -0.39 is 0 Å². The fraction of sp³-hybridized carbons (Fsp3) is 0.909. The van der Waals surface area contributed by atoms with E-state index in [-0.39, 0.29) is 0 Å². The minimum absolute atomic E-state index is 0.423. The van der Waals surface area contributed by atoms with Gasteiger partial charge in [-0.05, 0) is 52.0 Å². The molecule has 0 aromatic rings. The molecule has 4 heteroatoms. The second kappa shape index (κ2) is 6.28. The van der Waals surface area contributed by atoms with Gasteiger partial charge < -0.3 is 15.1 Å². The van der Waals surface area contributed by atoms with Crippen LogP contribution in [0, 0.1) is 0 Å². The molecule has 0 aromatic carbocycles. The topological polar surface area (TPSA) is 18.5 Å². The Hall–Kier alpha value is -0.350. The Balaban J connectivity index is 2.16. The summed E-state index contributed by atoms with van der Waals surface area (Å²) in [4.78, 5) is 4.64. The van der Waals surface area contributed by atoms with Crippen LogP contribution in [-0.2, 0) is 0 Å². The second-order valence-corrected chi connectivity index (χ2v) is 4.96. The maximum absolute atomic E-state index is 5.29.